The molecule has 4 heterocycles. The maximum atomic E-state index is 5.98. The summed E-state index contributed by atoms with van der Waals surface area (Å²) in [7, 11) is 1.66. The number of aliphatic imine (C=N–C) groups is 1. The molecule has 2 unspecified atom stereocenters. The van der Waals surface area contributed by atoms with Crippen molar-refractivity contribution in [2.24, 2.45) is 4.99 Å². The molecule has 0 saturated carbocycles. The third kappa shape index (κ3) is 5.67. The van der Waals surface area contributed by atoms with Gasteiger partial charge in [0.25, 0.3) is 0 Å². The van der Waals surface area contributed by atoms with Gasteiger partial charge in [-0.1, -0.05) is 0 Å². The van der Waals surface area contributed by atoms with E-state index in [1.54, 1.807) is 7.11 Å². The maximum absolute atomic E-state index is 5.98. The summed E-state index contributed by atoms with van der Waals surface area (Å²) in [5.74, 6) is 4.47. The minimum Gasteiger partial charge on any atom is -0.465 e. The van der Waals surface area contributed by atoms with E-state index in [2.05, 4.69) is 38.6 Å². The summed E-state index contributed by atoms with van der Waals surface area (Å²) in [4.78, 5) is 11.9. The predicted octanol–water partition coefficient (Wildman–Crippen LogP) is 1.27. The van der Waals surface area contributed by atoms with Gasteiger partial charge in [0, 0.05) is 39.2 Å². The number of rotatable bonds is 8. The van der Waals surface area contributed by atoms with Crippen LogP contribution in [0.15, 0.2) is 21.5 Å². The van der Waals surface area contributed by atoms with Crippen LogP contribution in [0.1, 0.15) is 42.6 Å². The van der Waals surface area contributed by atoms with Gasteiger partial charge in [-0.05, 0) is 32.4 Å². The SMILES string of the molecule is CCNC(=NCC(c1ccc(C)o1)N1CCOCC1)NC1CCc2nc(COC)nn2C1. The van der Waals surface area contributed by atoms with Crippen molar-refractivity contribution >= 4 is 5.96 Å². The average Bonchev–Trinajstić information content (AvgIpc) is 3.40. The van der Waals surface area contributed by atoms with Crippen molar-refractivity contribution in [2.75, 3.05) is 46.5 Å². The van der Waals surface area contributed by atoms with Crippen LogP contribution in [-0.4, -0.2) is 78.2 Å². The van der Waals surface area contributed by atoms with Crippen LogP contribution in [0.3, 0.4) is 0 Å². The molecule has 0 spiro atoms. The Kier molecular flexibility index (Phi) is 7.77. The van der Waals surface area contributed by atoms with Gasteiger partial charge in [0.15, 0.2) is 11.8 Å². The lowest BCUT2D eigenvalue weighted by molar-refractivity contribution is 0.0135. The number of fused-ring (bicyclic) bond motifs is 1. The van der Waals surface area contributed by atoms with Crippen molar-refractivity contribution < 1.29 is 13.9 Å². The quantitative estimate of drug-likeness (QED) is 0.463. The molecular weight excluding hydrogens is 410 g/mol. The van der Waals surface area contributed by atoms with Crippen molar-refractivity contribution in [3.05, 3.63) is 35.3 Å². The number of nitrogens with one attached hydrogen (secondary N) is 2. The van der Waals surface area contributed by atoms with Gasteiger partial charge in [-0.3, -0.25) is 9.89 Å². The van der Waals surface area contributed by atoms with Crippen molar-refractivity contribution in [3.8, 4) is 0 Å². The molecule has 0 amide bonds. The highest BCUT2D eigenvalue weighted by atomic mass is 16.5. The highest BCUT2D eigenvalue weighted by Crippen LogP contribution is 2.24. The minimum atomic E-state index is 0.0907. The van der Waals surface area contributed by atoms with E-state index in [0.29, 0.717) is 13.2 Å². The average molecular weight is 446 g/mol. The molecule has 2 aliphatic heterocycles. The van der Waals surface area contributed by atoms with Crippen LogP contribution < -0.4 is 10.6 Å². The molecule has 10 heteroatoms. The Balaban J connectivity index is 1.44. The number of hydrogen-bond acceptors (Lipinski definition) is 7. The van der Waals surface area contributed by atoms with Gasteiger partial charge in [-0.25, -0.2) is 9.67 Å². The molecule has 32 heavy (non-hydrogen) atoms. The zero-order chi connectivity index (χ0) is 22.3. The van der Waals surface area contributed by atoms with Crippen LogP contribution in [0.5, 0.6) is 0 Å². The van der Waals surface area contributed by atoms with Gasteiger partial charge in [0.1, 0.15) is 24.0 Å². The molecule has 2 aliphatic rings. The first-order chi connectivity index (χ1) is 15.7. The molecule has 0 aromatic carbocycles. The Labute approximate surface area is 189 Å². The summed E-state index contributed by atoms with van der Waals surface area (Å²) in [6.07, 6.45) is 1.87. The number of guanidine groups is 1. The number of nitrogens with zero attached hydrogens (tertiary/aromatic N) is 5. The summed E-state index contributed by atoms with van der Waals surface area (Å²) < 4.78 is 18.7. The van der Waals surface area contributed by atoms with E-state index in [1.807, 2.05) is 17.7 Å². The van der Waals surface area contributed by atoms with E-state index < -0.39 is 0 Å². The van der Waals surface area contributed by atoms with Gasteiger partial charge >= 0.3 is 0 Å². The summed E-state index contributed by atoms with van der Waals surface area (Å²) >= 11 is 0. The van der Waals surface area contributed by atoms with E-state index in [1.165, 1.54) is 0 Å². The van der Waals surface area contributed by atoms with Gasteiger partial charge < -0.3 is 24.5 Å². The first kappa shape index (κ1) is 22.8. The number of ether oxygens (including phenoxy) is 2. The maximum Gasteiger partial charge on any atom is 0.191 e. The van der Waals surface area contributed by atoms with Crippen molar-refractivity contribution in [2.45, 2.75) is 51.9 Å². The van der Waals surface area contributed by atoms with Gasteiger partial charge in [-0.2, -0.15) is 5.10 Å². The summed E-state index contributed by atoms with van der Waals surface area (Å²) in [5.41, 5.74) is 0. The zero-order valence-corrected chi connectivity index (χ0v) is 19.3. The number of methoxy groups -OCH3 is 1. The van der Waals surface area contributed by atoms with Crippen LogP contribution in [0.2, 0.25) is 0 Å². The molecule has 2 N–H and O–H groups in total. The smallest absolute Gasteiger partial charge is 0.191 e. The molecular formula is C22H35N7O3. The third-order valence-electron chi connectivity index (χ3n) is 5.86. The predicted molar refractivity (Wildman–Crippen MR) is 121 cm³/mol. The molecule has 4 rings (SSSR count). The van der Waals surface area contributed by atoms with Crippen LogP contribution >= 0.6 is 0 Å². The molecule has 176 valence electrons. The lowest BCUT2D eigenvalue weighted by atomic mass is 10.1. The van der Waals surface area contributed by atoms with Crippen LogP contribution in [-0.2, 0) is 29.0 Å². The van der Waals surface area contributed by atoms with Gasteiger partial charge in [0.05, 0.1) is 32.3 Å². The highest BCUT2D eigenvalue weighted by molar-refractivity contribution is 5.80. The molecule has 10 nitrogen and oxygen atoms in total. The Morgan fingerprint density at radius 2 is 2.19 bits per heavy atom. The number of morpholine rings is 1. The summed E-state index contributed by atoms with van der Waals surface area (Å²) in [6, 6.07) is 4.42. The van der Waals surface area contributed by atoms with Crippen molar-refractivity contribution in [1.82, 2.24) is 30.3 Å². The van der Waals surface area contributed by atoms with Crippen LogP contribution in [0.4, 0.5) is 0 Å². The Morgan fingerprint density at radius 3 is 2.91 bits per heavy atom. The second-order valence-corrected chi connectivity index (χ2v) is 8.27. The largest absolute Gasteiger partial charge is 0.465 e. The Bertz CT molecular complexity index is 888. The molecule has 1 fully saturated rings. The molecule has 2 atom stereocenters. The third-order valence-corrected chi connectivity index (χ3v) is 5.86. The van der Waals surface area contributed by atoms with E-state index in [-0.39, 0.29) is 12.1 Å². The first-order valence-electron chi connectivity index (χ1n) is 11.5. The second-order valence-electron chi connectivity index (χ2n) is 8.27. The number of hydrogen-bond donors (Lipinski definition) is 2. The van der Waals surface area contributed by atoms with Crippen LogP contribution in [0.25, 0.3) is 0 Å². The summed E-state index contributed by atoms with van der Waals surface area (Å²) in [6.45, 7) is 9.93. The second kappa shape index (κ2) is 10.9. The molecule has 0 aliphatic carbocycles. The van der Waals surface area contributed by atoms with Gasteiger partial charge in [0.2, 0.25) is 0 Å². The highest BCUT2D eigenvalue weighted by Gasteiger charge is 2.26. The minimum absolute atomic E-state index is 0.0907. The molecule has 0 radical (unpaired) electrons. The number of aryl methyl sites for hydroxylation is 2. The van der Waals surface area contributed by atoms with Gasteiger partial charge in [-0.15, -0.1) is 0 Å². The van der Waals surface area contributed by atoms with E-state index in [0.717, 1.165) is 81.4 Å². The molecule has 1 saturated heterocycles. The first-order valence-corrected chi connectivity index (χ1v) is 11.5. The van der Waals surface area contributed by atoms with Crippen molar-refractivity contribution in [3.63, 3.8) is 0 Å². The lowest BCUT2D eigenvalue weighted by Gasteiger charge is -2.32. The standard InChI is InChI=1S/C22H35N7O3/c1-4-23-22(25-17-6-8-21-26-20(15-30-3)27-29(21)14-17)24-13-18(19-7-5-16(2)32-19)28-9-11-31-12-10-28/h5,7,17-18H,4,6,8-15H2,1-3H3,(H2,23,24,25). The normalized spacial score (nSPS) is 20.7. The summed E-state index contributed by atoms with van der Waals surface area (Å²) in [5, 5.41) is 11.6. The topological polar surface area (TPSA) is 102 Å². The lowest BCUT2D eigenvalue weighted by Crippen LogP contribution is -2.47. The van der Waals surface area contributed by atoms with E-state index in [4.69, 9.17) is 18.9 Å². The monoisotopic (exact) mass is 445 g/mol. The van der Waals surface area contributed by atoms with E-state index in [9.17, 15) is 0 Å². The van der Waals surface area contributed by atoms with E-state index >= 15 is 0 Å². The number of aromatic nitrogens is 3. The van der Waals surface area contributed by atoms with Crippen molar-refractivity contribution in [1.29, 1.82) is 0 Å². The fourth-order valence-corrected chi connectivity index (χ4v) is 4.27. The Morgan fingerprint density at radius 1 is 1.34 bits per heavy atom. The fourth-order valence-electron chi connectivity index (χ4n) is 4.27. The fraction of sp³-hybridized carbons (Fsp3) is 0.682. The zero-order valence-electron chi connectivity index (χ0n) is 19.3. The van der Waals surface area contributed by atoms with Crippen LogP contribution in [0, 0.1) is 6.92 Å². The molecule has 0 bridgehead atoms. The Hall–Kier alpha value is -2.43. The number of furan rings is 1. The molecule has 2 aromatic rings. The molecule has 2 aromatic heterocycles.